The van der Waals surface area contributed by atoms with E-state index >= 15 is 0 Å². The molecule has 2 aromatic carbocycles. The number of anilines is 1. The molecule has 104 valence electrons. The summed E-state index contributed by atoms with van der Waals surface area (Å²) in [6.45, 7) is 2.76. The first-order valence-corrected chi connectivity index (χ1v) is 7.16. The monoisotopic (exact) mass is 276 g/mol. The van der Waals surface area contributed by atoms with Crippen molar-refractivity contribution in [1.29, 1.82) is 0 Å². The van der Waals surface area contributed by atoms with E-state index in [0.717, 1.165) is 36.2 Å². The lowest BCUT2D eigenvalue weighted by molar-refractivity contribution is 0.764. The van der Waals surface area contributed by atoms with Gasteiger partial charge in [-0.15, -0.1) is 0 Å². The van der Waals surface area contributed by atoms with Gasteiger partial charge in [-0.3, -0.25) is 0 Å². The third kappa shape index (κ3) is 2.34. The number of hydrogen-bond acceptors (Lipinski definition) is 4. The van der Waals surface area contributed by atoms with Crippen LogP contribution in [-0.2, 0) is 19.6 Å². The molecular formula is C17H16N4. The van der Waals surface area contributed by atoms with E-state index in [1.165, 1.54) is 16.7 Å². The van der Waals surface area contributed by atoms with Gasteiger partial charge < -0.3 is 10.6 Å². The first-order valence-electron chi connectivity index (χ1n) is 7.16. The molecule has 0 aliphatic carbocycles. The summed E-state index contributed by atoms with van der Waals surface area (Å²) in [5.41, 5.74) is 6.06. The topological polar surface area (TPSA) is 49.8 Å². The van der Waals surface area contributed by atoms with Crippen molar-refractivity contribution in [3.8, 4) is 0 Å². The van der Waals surface area contributed by atoms with E-state index in [0.29, 0.717) is 0 Å². The summed E-state index contributed by atoms with van der Waals surface area (Å²) in [4.78, 5) is 0. The molecule has 3 aromatic rings. The molecule has 2 N–H and O–H groups in total. The molecule has 0 bridgehead atoms. The van der Waals surface area contributed by atoms with E-state index in [1.807, 2.05) is 18.2 Å². The highest BCUT2D eigenvalue weighted by Crippen LogP contribution is 2.22. The normalized spacial score (nSPS) is 13.3. The van der Waals surface area contributed by atoms with Gasteiger partial charge in [0.25, 0.3) is 0 Å². The number of fused-ring (bicyclic) bond motifs is 2. The number of nitrogens with one attached hydrogen (secondary N) is 2. The molecule has 0 amide bonds. The lowest BCUT2D eigenvalue weighted by atomic mass is 10.1. The summed E-state index contributed by atoms with van der Waals surface area (Å²) in [7, 11) is 0. The van der Waals surface area contributed by atoms with Crippen molar-refractivity contribution in [1.82, 2.24) is 15.5 Å². The number of nitrogens with zero attached hydrogens (tertiary/aromatic N) is 2. The van der Waals surface area contributed by atoms with Gasteiger partial charge in [-0.2, -0.15) is 10.2 Å². The van der Waals surface area contributed by atoms with Crippen molar-refractivity contribution < 1.29 is 0 Å². The van der Waals surface area contributed by atoms with Gasteiger partial charge in [-0.05, 0) is 22.8 Å². The van der Waals surface area contributed by atoms with Gasteiger partial charge >= 0.3 is 0 Å². The molecular weight excluding hydrogens is 260 g/mol. The summed E-state index contributed by atoms with van der Waals surface area (Å²) in [5.74, 6) is 0. The molecule has 0 spiro atoms. The van der Waals surface area contributed by atoms with Gasteiger partial charge in [-0.1, -0.05) is 36.4 Å². The zero-order valence-corrected chi connectivity index (χ0v) is 11.6. The van der Waals surface area contributed by atoms with Crippen molar-refractivity contribution in [2.45, 2.75) is 19.6 Å². The number of benzene rings is 2. The van der Waals surface area contributed by atoms with E-state index in [4.69, 9.17) is 0 Å². The van der Waals surface area contributed by atoms with Crippen LogP contribution in [0.25, 0.3) is 10.9 Å². The smallest absolute Gasteiger partial charge is 0.0950 e. The van der Waals surface area contributed by atoms with E-state index in [-0.39, 0.29) is 0 Å². The van der Waals surface area contributed by atoms with E-state index in [1.54, 1.807) is 6.20 Å². The Morgan fingerprint density at radius 2 is 1.95 bits per heavy atom. The van der Waals surface area contributed by atoms with Gasteiger partial charge in [0.15, 0.2) is 0 Å². The maximum Gasteiger partial charge on any atom is 0.0950 e. The molecule has 0 saturated carbocycles. The SMILES string of the molecule is c1ccc2c(NCc3ccc4c(c3)CNC4)cnnc2c1. The minimum Gasteiger partial charge on any atom is -0.379 e. The molecule has 0 fully saturated rings. The second kappa shape index (κ2) is 5.14. The summed E-state index contributed by atoms with van der Waals surface area (Å²) >= 11 is 0. The minimum atomic E-state index is 0.795. The predicted octanol–water partition coefficient (Wildman–Crippen LogP) is 2.85. The lowest BCUT2D eigenvalue weighted by Crippen LogP contribution is -2.02. The predicted molar refractivity (Wildman–Crippen MR) is 83.9 cm³/mol. The van der Waals surface area contributed by atoms with Crippen molar-refractivity contribution in [2.75, 3.05) is 5.32 Å². The molecule has 0 atom stereocenters. The summed E-state index contributed by atoms with van der Waals surface area (Å²) in [6, 6.07) is 14.7. The molecule has 4 rings (SSSR count). The van der Waals surface area contributed by atoms with Crippen LogP contribution in [0.5, 0.6) is 0 Å². The molecule has 0 saturated heterocycles. The molecule has 1 aromatic heterocycles. The molecule has 4 heteroatoms. The standard InChI is InChI=1S/C17H16N4/c1-2-4-16-15(3-1)17(11-20-21-16)19-8-12-5-6-13-9-18-10-14(13)7-12/h1-7,11,18H,8-10H2,(H,19,21). The van der Waals surface area contributed by atoms with E-state index in [2.05, 4.69) is 45.1 Å². The van der Waals surface area contributed by atoms with Gasteiger partial charge in [0.2, 0.25) is 0 Å². The van der Waals surface area contributed by atoms with Crippen LogP contribution < -0.4 is 10.6 Å². The molecule has 1 aliphatic heterocycles. The minimum absolute atomic E-state index is 0.795. The van der Waals surface area contributed by atoms with Gasteiger partial charge in [0, 0.05) is 25.0 Å². The molecule has 2 heterocycles. The van der Waals surface area contributed by atoms with Crippen LogP contribution >= 0.6 is 0 Å². The van der Waals surface area contributed by atoms with Crippen LogP contribution in [0, 0.1) is 0 Å². The first kappa shape index (κ1) is 12.3. The number of hydrogen-bond donors (Lipinski definition) is 2. The number of rotatable bonds is 3. The third-order valence-corrected chi connectivity index (χ3v) is 3.93. The highest BCUT2D eigenvalue weighted by atomic mass is 15.1. The maximum absolute atomic E-state index is 4.15. The first-order chi connectivity index (χ1) is 10.4. The van der Waals surface area contributed by atoms with Crippen LogP contribution in [0.1, 0.15) is 16.7 Å². The highest BCUT2D eigenvalue weighted by molar-refractivity contribution is 5.90. The van der Waals surface area contributed by atoms with Crippen LogP contribution in [0.3, 0.4) is 0 Å². The lowest BCUT2D eigenvalue weighted by Gasteiger charge is -2.09. The zero-order chi connectivity index (χ0) is 14.1. The Hall–Kier alpha value is -2.46. The Bertz CT molecular complexity index is 792. The summed E-state index contributed by atoms with van der Waals surface area (Å²) in [5, 5.41) is 16.2. The van der Waals surface area contributed by atoms with Crippen molar-refractivity contribution >= 4 is 16.6 Å². The summed E-state index contributed by atoms with van der Waals surface area (Å²) in [6.07, 6.45) is 1.79. The summed E-state index contributed by atoms with van der Waals surface area (Å²) < 4.78 is 0. The van der Waals surface area contributed by atoms with Crippen LogP contribution in [0.4, 0.5) is 5.69 Å². The second-order valence-electron chi connectivity index (χ2n) is 5.34. The van der Waals surface area contributed by atoms with Gasteiger partial charge in [0.1, 0.15) is 0 Å². The molecule has 0 radical (unpaired) electrons. The highest BCUT2D eigenvalue weighted by Gasteiger charge is 2.10. The molecule has 4 nitrogen and oxygen atoms in total. The second-order valence-corrected chi connectivity index (χ2v) is 5.34. The van der Waals surface area contributed by atoms with E-state index < -0.39 is 0 Å². The fourth-order valence-corrected chi connectivity index (χ4v) is 2.80. The van der Waals surface area contributed by atoms with Crippen molar-refractivity contribution in [3.05, 3.63) is 65.4 Å². The van der Waals surface area contributed by atoms with Crippen LogP contribution in [0.2, 0.25) is 0 Å². The average molecular weight is 276 g/mol. The zero-order valence-electron chi connectivity index (χ0n) is 11.6. The Labute approximate surface area is 123 Å². The molecule has 1 aliphatic rings. The third-order valence-electron chi connectivity index (χ3n) is 3.93. The van der Waals surface area contributed by atoms with Gasteiger partial charge in [0.05, 0.1) is 17.4 Å². The van der Waals surface area contributed by atoms with Crippen molar-refractivity contribution in [2.24, 2.45) is 0 Å². The Balaban J connectivity index is 1.58. The fourth-order valence-electron chi connectivity index (χ4n) is 2.80. The average Bonchev–Trinajstić information content (AvgIpc) is 3.00. The molecule has 21 heavy (non-hydrogen) atoms. The quantitative estimate of drug-likeness (QED) is 0.772. The Morgan fingerprint density at radius 3 is 2.95 bits per heavy atom. The van der Waals surface area contributed by atoms with Crippen molar-refractivity contribution in [3.63, 3.8) is 0 Å². The van der Waals surface area contributed by atoms with Crippen LogP contribution in [0.15, 0.2) is 48.7 Å². The Morgan fingerprint density at radius 1 is 1.05 bits per heavy atom. The van der Waals surface area contributed by atoms with Gasteiger partial charge in [-0.25, -0.2) is 0 Å². The Kier molecular flexibility index (Phi) is 3.01. The molecule has 0 unspecified atom stereocenters. The maximum atomic E-state index is 4.15. The fraction of sp³-hybridized carbons (Fsp3) is 0.176. The number of aromatic nitrogens is 2. The van der Waals surface area contributed by atoms with Crippen LogP contribution in [-0.4, -0.2) is 10.2 Å². The van der Waals surface area contributed by atoms with E-state index in [9.17, 15) is 0 Å². The largest absolute Gasteiger partial charge is 0.379 e.